The highest BCUT2D eigenvalue weighted by Crippen LogP contribution is 2.29. The summed E-state index contributed by atoms with van der Waals surface area (Å²) >= 11 is 0. The van der Waals surface area contributed by atoms with E-state index in [0.29, 0.717) is 58.5 Å². The van der Waals surface area contributed by atoms with Gasteiger partial charge >= 0.3 is 5.97 Å². The maximum absolute atomic E-state index is 10.5. The van der Waals surface area contributed by atoms with Gasteiger partial charge in [-0.1, -0.05) is 19.1 Å². The molecule has 4 rings (SSSR count). The molecule has 1 aliphatic rings. The quantitative estimate of drug-likeness (QED) is 0.125. The fraction of sp³-hybridized carbons (Fsp3) is 0.562. The zero-order valence-electron chi connectivity index (χ0n) is 26.4. The Bertz CT molecular complexity index is 1350. The summed E-state index contributed by atoms with van der Waals surface area (Å²) in [6, 6.07) is 6.19. The van der Waals surface area contributed by atoms with Crippen molar-refractivity contribution in [3.63, 3.8) is 0 Å². The number of nitrogens with one attached hydrogen (secondary N) is 1. The number of piperidine rings is 1. The lowest BCUT2D eigenvalue weighted by molar-refractivity contribution is -0.131. The molecule has 1 fully saturated rings. The standard InChI is InChI=1S/C32H47N7O6/c1-3-26-24-35-39-28(21-29(36-32(26)39)38-13-5-4-7-27(38)11-15-40)33-22-25-9-10-30(34-23-25)45-20-19-44-18-17-43-16-14-37(2)12-6-8-31(41)42/h6,8-10,21,23-24,27,33,40H,3-5,7,11-20,22H2,1-2H3,(H,41,42)/b8-6+/t27-/m0/s1. The highest BCUT2D eigenvalue weighted by Gasteiger charge is 2.25. The Morgan fingerprint density at radius 2 is 1.98 bits per heavy atom. The van der Waals surface area contributed by atoms with E-state index in [4.69, 9.17) is 24.3 Å². The molecule has 0 unspecified atom stereocenters. The molecule has 246 valence electrons. The summed E-state index contributed by atoms with van der Waals surface area (Å²) in [5, 5.41) is 26.4. The lowest BCUT2D eigenvalue weighted by Crippen LogP contribution is -2.40. The first-order valence-corrected chi connectivity index (χ1v) is 15.8. The second kappa shape index (κ2) is 18.3. The van der Waals surface area contributed by atoms with Crippen molar-refractivity contribution in [2.45, 2.75) is 51.6 Å². The van der Waals surface area contributed by atoms with Gasteiger partial charge in [-0.2, -0.15) is 9.61 Å². The zero-order valence-corrected chi connectivity index (χ0v) is 26.4. The molecule has 1 aliphatic heterocycles. The van der Waals surface area contributed by atoms with Crippen LogP contribution in [0.1, 0.15) is 43.7 Å². The van der Waals surface area contributed by atoms with Gasteiger partial charge in [-0.25, -0.2) is 14.8 Å². The number of anilines is 2. The number of aliphatic carboxylic acids is 1. The maximum Gasteiger partial charge on any atom is 0.328 e. The summed E-state index contributed by atoms with van der Waals surface area (Å²) < 4.78 is 18.7. The zero-order chi connectivity index (χ0) is 31.9. The minimum absolute atomic E-state index is 0.174. The summed E-state index contributed by atoms with van der Waals surface area (Å²) in [5.41, 5.74) is 2.96. The Kier molecular flexibility index (Phi) is 13.8. The Hall–Kier alpha value is -3.78. The number of ether oxygens (including phenoxy) is 3. The van der Waals surface area contributed by atoms with Gasteiger partial charge in [-0.15, -0.1) is 0 Å². The monoisotopic (exact) mass is 625 g/mol. The minimum atomic E-state index is -0.943. The number of hydrogen-bond acceptors (Lipinski definition) is 11. The second-order valence-electron chi connectivity index (χ2n) is 11.0. The highest BCUT2D eigenvalue weighted by atomic mass is 16.5. The van der Waals surface area contributed by atoms with Crippen LogP contribution in [0.5, 0.6) is 5.88 Å². The topological polar surface area (TPSA) is 147 Å². The molecule has 0 amide bonds. The average molecular weight is 626 g/mol. The molecule has 1 saturated heterocycles. The first-order valence-electron chi connectivity index (χ1n) is 15.8. The van der Waals surface area contributed by atoms with E-state index in [1.807, 2.05) is 34.8 Å². The van der Waals surface area contributed by atoms with Gasteiger partial charge in [0, 0.05) is 68.8 Å². The number of aliphatic hydroxyl groups is 1. The van der Waals surface area contributed by atoms with Crippen LogP contribution < -0.4 is 15.0 Å². The number of aliphatic hydroxyl groups excluding tert-OH is 1. The van der Waals surface area contributed by atoms with Crippen LogP contribution in [0.25, 0.3) is 5.65 Å². The molecule has 0 aliphatic carbocycles. The number of carbonyl (C=O) groups is 1. The third-order valence-electron chi connectivity index (χ3n) is 7.71. The molecule has 0 bridgehead atoms. The van der Waals surface area contributed by atoms with Crippen LogP contribution >= 0.6 is 0 Å². The van der Waals surface area contributed by atoms with Crippen LogP contribution in [-0.2, 0) is 27.2 Å². The largest absolute Gasteiger partial charge is 0.478 e. The SMILES string of the molecule is CCc1cnn2c(NCc3ccc(OCCOCCOCCN(C)C/C=C/C(=O)O)nc3)cc(N3CCCC[C@H]3CCO)nc12. The van der Waals surface area contributed by atoms with E-state index in [9.17, 15) is 9.90 Å². The molecule has 0 aromatic carbocycles. The van der Waals surface area contributed by atoms with Gasteiger partial charge < -0.3 is 39.5 Å². The number of likely N-dealkylation sites (N-methyl/N-ethyl adjacent to an activating group) is 1. The molecule has 13 heteroatoms. The summed E-state index contributed by atoms with van der Waals surface area (Å²) in [6.07, 6.45) is 11.4. The first kappa shape index (κ1) is 34.1. The van der Waals surface area contributed by atoms with Gasteiger partial charge in [0.25, 0.3) is 0 Å². The molecule has 3 aromatic rings. The van der Waals surface area contributed by atoms with Crippen molar-refractivity contribution in [3.05, 3.63) is 53.9 Å². The van der Waals surface area contributed by atoms with Gasteiger partial charge in [0.05, 0.1) is 32.6 Å². The Balaban J connectivity index is 1.20. The second-order valence-corrected chi connectivity index (χ2v) is 11.0. The van der Waals surface area contributed by atoms with Gasteiger partial charge in [0.1, 0.15) is 18.2 Å². The van der Waals surface area contributed by atoms with Crippen molar-refractivity contribution < 1.29 is 29.2 Å². The summed E-state index contributed by atoms with van der Waals surface area (Å²) in [4.78, 5) is 24.3. The number of aromatic nitrogens is 4. The molecule has 45 heavy (non-hydrogen) atoms. The van der Waals surface area contributed by atoms with Crippen LogP contribution in [0.4, 0.5) is 11.6 Å². The van der Waals surface area contributed by atoms with E-state index in [2.05, 4.69) is 33.3 Å². The predicted molar refractivity (Wildman–Crippen MR) is 172 cm³/mol. The summed E-state index contributed by atoms with van der Waals surface area (Å²) in [5.74, 6) is 1.38. The number of nitrogens with zero attached hydrogens (tertiary/aromatic N) is 6. The first-order chi connectivity index (χ1) is 22.0. The average Bonchev–Trinajstić information content (AvgIpc) is 3.47. The van der Waals surface area contributed by atoms with E-state index < -0.39 is 5.97 Å². The molecule has 1 atom stereocenters. The predicted octanol–water partition coefficient (Wildman–Crippen LogP) is 3.02. The maximum atomic E-state index is 10.5. The molecular formula is C32H47N7O6. The number of hydrogen-bond donors (Lipinski definition) is 3. The van der Waals surface area contributed by atoms with Gasteiger partial charge in [0.15, 0.2) is 5.65 Å². The number of fused-ring (bicyclic) bond motifs is 1. The van der Waals surface area contributed by atoms with E-state index >= 15 is 0 Å². The van der Waals surface area contributed by atoms with E-state index in [0.717, 1.165) is 66.7 Å². The molecule has 0 saturated carbocycles. The normalized spacial score (nSPS) is 15.4. The molecule has 4 heterocycles. The Labute approximate surface area is 264 Å². The highest BCUT2D eigenvalue weighted by molar-refractivity contribution is 5.79. The lowest BCUT2D eigenvalue weighted by atomic mass is 9.99. The van der Waals surface area contributed by atoms with Gasteiger partial charge in [-0.05, 0) is 44.7 Å². The van der Waals surface area contributed by atoms with Gasteiger partial charge in [-0.3, -0.25) is 0 Å². The lowest BCUT2D eigenvalue weighted by Gasteiger charge is -2.36. The third-order valence-corrected chi connectivity index (χ3v) is 7.71. The van der Waals surface area contributed by atoms with Crippen LogP contribution in [-0.4, -0.2) is 113 Å². The number of pyridine rings is 1. The minimum Gasteiger partial charge on any atom is -0.478 e. The number of rotatable bonds is 20. The van der Waals surface area contributed by atoms with Crippen molar-refractivity contribution in [2.75, 3.05) is 76.5 Å². The summed E-state index contributed by atoms with van der Waals surface area (Å²) in [6.45, 7) is 7.32. The molecule has 3 aromatic heterocycles. The molecule has 0 spiro atoms. The Morgan fingerprint density at radius 3 is 2.73 bits per heavy atom. The fourth-order valence-electron chi connectivity index (χ4n) is 5.24. The summed E-state index contributed by atoms with van der Waals surface area (Å²) in [7, 11) is 1.91. The molecule has 3 N–H and O–H groups in total. The third kappa shape index (κ3) is 10.7. The van der Waals surface area contributed by atoms with E-state index in [1.165, 1.54) is 6.42 Å². The number of carboxylic acids is 1. The molecule has 13 nitrogen and oxygen atoms in total. The Morgan fingerprint density at radius 1 is 1.16 bits per heavy atom. The van der Waals surface area contributed by atoms with Crippen LogP contribution in [0.3, 0.4) is 0 Å². The van der Waals surface area contributed by atoms with Crippen molar-refractivity contribution in [1.82, 2.24) is 24.5 Å². The number of aryl methyl sites for hydroxylation is 1. The molecular weight excluding hydrogens is 578 g/mol. The number of carboxylic acid groups (broad SMARTS) is 1. The van der Waals surface area contributed by atoms with Crippen molar-refractivity contribution in [1.29, 1.82) is 0 Å². The van der Waals surface area contributed by atoms with Crippen LogP contribution in [0, 0.1) is 0 Å². The van der Waals surface area contributed by atoms with Crippen LogP contribution in [0.2, 0.25) is 0 Å². The van der Waals surface area contributed by atoms with Gasteiger partial charge in [0.2, 0.25) is 5.88 Å². The fourth-order valence-corrected chi connectivity index (χ4v) is 5.24. The van der Waals surface area contributed by atoms with Crippen molar-refractivity contribution in [2.24, 2.45) is 0 Å². The smallest absolute Gasteiger partial charge is 0.328 e. The van der Waals surface area contributed by atoms with Crippen molar-refractivity contribution in [3.8, 4) is 5.88 Å². The molecule has 0 radical (unpaired) electrons. The van der Waals surface area contributed by atoms with Crippen molar-refractivity contribution >= 4 is 23.3 Å². The van der Waals surface area contributed by atoms with E-state index in [1.54, 1.807) is 12.3 Å². The van der Waals surface area contributed by atoms with Crippen LogP contribution in [0.15, 0.2) is 42.7 Å². The van der Waals surface area contributed by atoms with E-state index in [-0.39, 0.29) is 12.6 Å².